The number of furan rings is 1. The van der Waals surface area contributed by atoms with Crippen molar-refractivity contribution in [2.75, 3.05) is 6.54 Å². The van der Waals surface area contributed by atoms with Crippen LogP contribution in [0.25, 0.3) is 11.3 Å². The lowest BCUT2D eigenvalue weighted by atomic mass is 10.1. The highest BCUT2D eigenvalue weighted by Gasteiger charge is 2.13. The van der Waals surface area contributed by atoms with E-state index >= 15 is 0 Å². The van der Waals surface area contributed by atoms with Crippen LogP contribution in [-0.2, 0) is 4.79 Å². The summed E-state index contributed by atoms with van der Waals surface area (Å²) in [4.78, 5) is 22.1. The highest BCUT2D eigenvalue weighted by Crippen LogP contribution is 2.24. The molecule has 2 rings (SSSR count). The maximum atomic E-state index is 11.7. The van der Waals surface area contributed by atoms with Gasteiger partial charge in [-0.05, 0) is 38.1 Å². The van der Waals surface area contributed by atoms with E-state index in [0.29, 0.717) is 5.76 Å². The molecular weight excluding hydrogens is 258 g/mol. The molecule has 2 N–H and O–H groups in total. The quantitative estimate of drug-likeness (QED) is 0.896. The predicted octanol–water partition coefficient (Wildman–Crippen LogP) is 2.38. The topological polar surface area (TPSA) is 79.5 Å². The minimum Gasteiger partial charge on any atom is -0.480 e. The summed E-state index contributed by atoms with van der Waals surface area (Å²) >= 11 is 0. The van der Waals surface area contributed by atoms with Crippen molar-refractivity contribution in [3.8, 4) is 11.3 Å². The van der Waals surface area contributed by atoms with Gasteiger partial charge in [0.05, 0.1) is 0 Å². The van der Waals surface area contributed by atoms with Gasteiger partial charge in [0.15, 0.2) is 5.76 Å². The second kappa shape index (κ2) is 5.61. The Labute approximate surface area is 116 Å². The molecule has 1 aromatic heterocycles. The lowest BCUT2D eigenvalue weighted by molar-refractivity contribution is -0.135. The van der Waals surface area contributed by atoms with E-state index in [9.17, 15) is 9.59 Å². The summed E-state index contributed by atoms with van der Waals surface area (Å²) < 4.78 is 5.47. The minimum absolute atomic E-state index is 0.0976. The van der Waals surface area contributed by atoms with E-state index in [1.807, 2.05) is 32.0 Å². The molecular formula is C15H15NO4. The molecule has 5 nitrogen and oxygen atoms in total. The summed E-state index contributed by atoms with van der Waals surface area (Å²) in [6.45, 7) is 3.54. The van der Waals surface area contributed by atoms with E-state index in [4.69, 9.17) is 9.52 Å². The number of carboxylic acid groups (broad SMARTS) is 1. The third-order valence-electron chi connectivity index (χ3n) is 2.74. The zero-order chi connectivity index (χ0) is 14.7. The Balaban J connectivity index is 2.20. The lowest BCUT2D eigenvalue weighted by Crippen LogP contribution is -2.28. The van der Waals surface area contributed by atoms with Crippen LogP contribution in [0, 0.1) is 13.8 Å². The Morgan fingerprint density at radius 3 is 2.40 bits per heavy atom. The number of carbonyl (C=O) groups is 2. The van der Waals surface area contributed by atoms with Crippen LogP contribution < -0.4 is 5.32 Å². The number of hydrogen-bond acceptors (Lipinski definition) is 3. The predicted molar refractivity (Wildman–Crippen MR) is 73.6 cm³/mol. The van der Waals surface area contributed by atoms with E-state index in [2.05, 4.69) is 5.32 Å². The Morgan fingerprint density at radius 2 is 1.80 bits per heavy atom. The molecule has 20 heavy (non-hydrogen) atoms. The van der Waals surface area contributed by atoms with Crippen LogP contribution in [-0.4, -0.2) is 23.5 Å². The Bertz CT molecular complexity index is 637. The van der Waals surface area contributed by atoms with Crippen molar-refractivity contribution in [1.29, 1.82) is 0 Å². The van der Waals surface area contributed by atoms with Crippen LogP contribution in [0.5, 0.6) is 0 Å². The molecule has 0 spiro atoms. The molecule has 0 saturated heterocycles. The number of rotatable bonds is 4. The summed E-state index contributed by atoms with van der Waals surface area (Å²) in [6, 6.07) is 9.20. The molecule has 0 atom stereocenters. The van der Waals surface area contributed by atoms with Crippen LogP contribution in [0.2, 0.25) is 0 Å². The summed E-state index contributed by atoms with van der Waals surface area (Å²) in [5.74, 6) is -0.958. The number of benzene rings is 1. The highest BCUT2D eigenvalue weighted by molar-refractivity contribution is 5.93. The number of aliphatic carboxylic acids is 1. The Morgan fingerprint density at radius 1 is 1.15 bits per heavy atom. The first-order valence-corrected chi connectivity index (χ1v) is 6.14. The molecule has 1 aromatic carbocycles. The molecule has 0 fully saturated rings. The van der Waals surface area contributed by atoms with Gasteiger partial charge in [-0.15, -0.1) is 0 Å². The summed E-state index contributed by atoms with van der Waals surface area (Å²) in [7, 11) is 0. The van der Waals surface area contributed by atoms with Crippen molar-refractivity contribution in [3.05, 3.63) is 47.2 Å². The smallest absolute Gasteiger partial charge is 0.322 e. The fraction of sp³-hybridized carbons (Fsp3) is 0.200. The Kier molecular flexibility index (Phi) is 3.89. The number of carboxylic acids is 1. The second-order valence-electron chi connectivity index (χ2n) is 4.62. The molecule has 0 unspecified atom stereocenters. The summed E-state index contributed by atoms with van der Waals surface area (Å²) in [6.07, 6.45) is 0. The van der Waals surface area contributed by atoms with Gasteiger partial charge in [0.25, 0.3) is 5.91 Å². The van der Waals surface area contributed by atoms with Gasteiger partial charge in [-0.25, -0.2) is 0 Å². The average molecular weight is 273 g/mol. The molecule has 0 radical (unpaired) electrons. The van der Waals surface area contributed by atoms with Gasteiger partial charge in [-0.3, -0.25) is 9.59 Å². The van der Waals surface area contributed by atoms with Crippen LogP contribution in [0.3, 0.4) is 0 Å². The maximum absolute atomic E-state index is 11.7. The fourth-order valence-electron chi connectivity index (χ4n) is 1.98. The standard InChI is InChI=1S/C15H15NO4/c1-9-5-10(2)7-11(6-9)12-3-4-13(20-12)15(19)16-8-14(17)18/h3-7H,8H2,1-2H3,(H,16,19)(H,17,18). The van der Waals surface area contributed by atoms with Crippen molar-refractivity contribution in [2.24, 2.45) is 0 Å². The Hall–Kier alpha value is -2.56. The SMILES string of the molecule is Cc1cc(C)cc(-c2ccc(C(=O)NCC(=O)O)o2)c1. The van der Waals surface area contributed by atoms with Crippen LogP contribution in [0.1, 0.15) is 21.7 Å². The molecule has 0 aliphatic carbocycles. The maximum Gasteiger partial charge on any atom is 0.322 e. The van der Waals surface area contributed by atoms with E-state index in [1.165, 1.54) is 6.07 Å². The van der Waals surface area contributed by atoms with Crippen molar-refractivity contribution in [1.82, 2.24) is 5.32 Å². The first kappa shape index (κ1) is 13.9. The molecule has 5 heteroatoms. The number of hydrogen-bond donors (Lipinski definition) is 2. The minimum atomic E-state index is -1.10. The third kappa shape index (κ3) is 3.26. The van der Waals surface area contributed by atoms with Gasteiger partial charge in [0, 0.05) is 5.56 Å². The summed E-state index contributed by atoms with van der Waals surface area (Å²) in [5, 5.41) is 10.8. The number of nitrogens with one attached hydrogen (secondary N) is 1. The largest absolute Gasteiger partial charge is 0.480 e. The van der Waals surface area contributed by atoms with Gasteiger partial charge in [-0.1, -0.05) is 17.2 Å². The molecule has 0 aliphatic heterocycles. The first-order chi connectivity index (χ1) is 9.45. The first-order valence-electron chi connectivity index (χ1n) is 6.14. The average Bonchev–Trinajstić information content (AvgIpc) is 2.84. The highest BCUT2D eigenvalue weighted by atomic mass is 16.4. The van der Waals surface area contributed by atoms with E-state index < -0.39 is 18.4 Å². The third-order valence-corrected chi connectivity index (χ3v) is 2.74. The van der Waals surface area contributed by atoms with E-state index in [0.717, 1.165) is 16.7 Å². The van der Waals surface area contributed by atoms with Crippen LogP contribution >= 0.6 is 0 Å². The summed E-state index contributed by atoms with van der Waals surface area (Å²) in [5.41, 5.74) is 3.10. The fourth-order valence-corrected chi connectivity index (χ4v) is 1.98. The van der Waals surface area contributed by atoms with Crippen molar-refractivity contribution >= 4 is 11.9 Å². The number of amides is 1. The van der Waals surface area contributed by atoms with E-state index in [1.54, 1.807) is 6.07 Å². The molecule has 2 aromatic rings. The molecule has 0 saturated carbocycles. The monoisotopic (exact) mass is 273 g/mol. The zero-order valence-corrected chi connectivity index (χ0v) is 11.3. The normalized spacial score (nSPS) is 10.3. The van der Waals surface area contributed by atoms with Crippen molar-refractivity contribution in [3.63, 3.8) is 0 Å². The van der Waals surface area contributed by atoms with Crippen LogP contribution in [0.4, 0.5) is 0 Å². The number of carbonyl (C=O) groups excluding carboxylic acids is 1. The van der Waals surface area contributed by atoms with Gasteiger partial charge >= 0.3 is 5.97 Å². The molecule has 0 aliphatic rings. The number of aryl methyl sites for hydroxylation is 2. The molecule has 0 bridgehead atoms. The van der Waals surface area contributed by atoms with Gasteiger partial charge in [-0.2, -0.15) is 0 Å². The second-order valence-corrected chi connectivity index (χ2v) is 4.62. The molecule has 1 amide bonds. The lowest BCUT2D eigenvalue weighted by Gasteiger charge is -2.02. The van der Waals surface area contributed by atoms with E-state index in [-0.39, 0.29) is 5.76 Å². The molecule has 104 valence electrons. The zero-order valence-electron chi connectivity index (χ0n) is 11.3. The molecule has 1 heterocycles. The van der Waals surface area contributed by atoms with Gasteiger partial charge in [0.1, 0.15) is 12.3 Å². The van der Waals surface area contributed by atoms with Gasteiger partial charge < -0.3 is 14.8 Å². The van der Waals surface area contributed by atoms with Crippen LogP contribution in [0.15, 0.2) is 34.7 Å². The van der Waals surface area contributed by atoms with Crippen molar-refractivity contribution < 1.29 is 19.1 Å². The van der Waals surface area contributed by atoms with Gasteiger partial charge in [0.2, 0.25) is 0 Å². The van der Waals surface area contributed by atoms with Crippen molar-refractivity contribution in [2.45, 2.75) is 13.8 Å².